The van der Waals surface area contributed by atoms with Crippen molar-refractivity contribution in [1.82, 2.24) is 0 Å². The summed E-state index contributed by atoms with van der Waals surface area (Å²) in [5.74, 6) is 0.546. The van der Waals surface area contributed by atoms with E-state index in [1.54, 1.807) is 12.1 Å². The molecule has 23 heavy (non-hydrogen) atoms. The molecule has 2 aromatic carbocycles. The first-order valence-corrected chi connectivity index (χ1v) is 7.39. The second-order valence-electron chi connectivity index (χ2n) is 5.34. The van der Waals surface area contributed by atoms with Gasteiger partial charge in [-0.2, -0.15) is 0 Å². The zero-order valence-electron chi connectivity index (χ0n) is 13.5. The zero-order chi connectivity index (χ0) is 16.8. The first-order chi connectivity index (χ1) is 11.0. The second kappa shape index (κ2) is 7.58. The highest BCUT2D eigenvalue weighted by atomic mass is 19.1. The smallest absolute Gasteiger partial charge is 0.211 e. The maximum atomic E-state index is 12.8. The molecule has 0 aromatic heterocycles. The number of ether oxygens (including phenoxy) is 1. The van der Waals surface area contributed by atoms with Crippen LogP contribution < -0.4 is 10.1 Å². The molecule has 0 atom stereocenters. The number of carbonyl (C=O) groups excluding carboxylic acids is 1. The number of halogens is 1. The molecule has 4 heteroatoms. The molecule has 0 spiro atoms. The summed E-state index contributed by atoms with van der Waals surface area (Å²) in [6.07, 6.45) is 4.45. The van der Waals surface area contributed by atoms with E-state index in [1.165, 1.54) is 12.1 Å². The van der Waals surface area contributed by atoms with Gasteiger partial charge in [0.25, 0.3) is 0 Å². The standard InChI is InChI=1S/C19H20FNO2/c1-13-11-18(14(2)15(3)19(13)21-12-22)23-10-4-5-16-6-8-17(20)9-7-16/h4-9,11-12H,10H2,1-3H3,(H,21,22). The minimum atomic E-state index is -0.246. The lowest BCUT2D eigenvalue weighted by atomic mass is 10.0. The summed E-state index contributed by atoms with van der Waals surface area (Å²) < 4.78 is 18.6. The van der Waals surface area contributed by atoms with Gasteiger partial charge in [0.1, 0.15) is 18.2 Å². The van der Waals surface area contributed by atoms with Crippen LogP contribution in [0.5, 0.6) is 5.75 Å². The number of nitrogens with one attached hydrogen (secondary N) is 1. The van der Waals surface area contributed by atoms with Crippen LogP contribution in [0, 0.1) is 26.6 Å². The van der Waals surface area contributed by atoms with Crippen LogP contribution in [0.4, 0.5) is 10.1 Å². The zero-order valence-corrected chi connectivity index (χ0v) is 13.5. The highest BCUT2D eigenvalue weighted by Crippen LogP contribution is 2.31. The van der Waals surface area contributed by atoms with E-state index >= 15 is 0 Å². The highest BCUT2D eigenvalue weighted by Gasteiger charge is 2.10. The van der Waals surface area contributed by atoms with E-state index in [2.05, 4.69) is 5.32 Å². The number of benzene rings is 2. The van der Waals surface area contributed by atoms with Gasteiger partial charge in [0.05, 0.1) is 0 Å². The van der Waals surface area contributed by atoms with E-state index in [0.29, 0.717) is 13.0 Å². The number of aryl methyl sites for hydroxylation is 1. The lowest BCUT2D eigenvalue weighted by Crippen LogP contribution is -2.04. The molecule has 0 aliphatic rings. The van der Waals surface area contributed by atoms with E-state index in [1.807, 2.05) is 39.0 Å². The van der Waals surface area contributed by atoms with Gasteiger partial charge in [-0.3, -0.25) is 4.79 Å². The maximum Gasteiger partial charge on any atom is 0.211 e. The minimum Gasteiger partial charge on any atom is -0.489 e. The van der Waals surface area contributed by atoms with Crippen LogP contribution in [0.3, 0.4) is 0 Å². The molecule has 2 aromatic rings. The van der Waals surface area contributed by atoms with E-state index in [9.17, 15) is 9.18 Å². The fourth-order valence-corrected chi connectivity index (χ4v) is 2.37. The molecule has 0 aliphatic carbocycles. The predicted molar refractivity (Wildman–Crippen MR) is 91.3 cm³/mol. The summed E-state index contributed by atoms with van der Waals surface area (Å²) in [6, 6.07) is 8.20. The molecular weight excluding hydrogens is 293 g/mol. The van der Waals surface area contributed by atoms with E-state index < -0.39 is 0 Å². The Hall–Kier alpha value is -2.62. The molecule has 1 amide bonds. The lowest BCUT2D eigenvalue weighted by Gasteiger charge is -2.15. The first kappa shape index (κ1) is 16.7. The van der Waals surface area contributed by atoms with Crippen molar-refractivity contribution >= 4 is 18.2 Å². The van der Waals surface area contributed by atoms with Crippen molar-refractivity contribution in [2.75, 3.05) is 11.9 Å². The molecule has 3 nitrogen and oxygen atoms in total. The highest BCUT2D eigenvalue weighted by molar-refractivity contribution is 5.77. The molecule has 0 saturated heterocycles. The minimum absolute atomic E-state index is 0.246. The summed E-state index contributed by atoms with van der Waals surface area (Å²) >= 11 is 0. The van der Waals surface area contributed by atoms with Gasteiger partial charge in [-0.1, -0.05) is 18.2 Å². The number of rotatable bonds is 6. The molecular formula is C19H20FNO2. The molecule has 120 valence electrons. The molecule has 0 aliphatic heterocycles. The third-order valence-electron chi connectivity index (χ3n) is 3.77. The average molecular weight is 313 g/mol. The van der Waals surface area contributed by atoms with Gasteiger partial charge in [0, 0.05) is 5.69 Å². The van der Waals surface area contributed by atoms with Crippen molar-refractivity contribution in [1.29, 1.82) is 0 Å². The lowest BCUT2D eigenvalue weighted by molar-refractivity contribution is -0.105. The number of carbonyl (C=O) groups is 1. The maximum absolute atomic E-state index is 12.8. The topological polar surface area (TPSA) is 38.3 Å². The van der Waals surface area contributed by atoms with Gasteiger partial charge in [-0.15, -0.1) is 0 Å². The normalized spacial score (nSPS) is 10.8. The number of anilines is 1. The third kappa shape index (κ3) is 4.19. The van der Waals surface area contributed by atoms with Crippen molar-refractivity contribution in [3.63, 3.8) is 0 Å². The van der Waals surface area contributed by atoms with Gasteiger partial charge < -0.3 is 10.1 Å². The first-order valence-electron chi connectivity index (χ1n) is 7.39. The number of amides is 1. The van der Waals surface area contributed by atoms with Gasteiger partial charge >= 0.3 is 0 Å². The summed E-state index contributed by atoms with van der Waals surface area (Å²) in [7, 11) is 0. The SMILES string of the molecule is Cc1cc(OCC=Cc2ccc(F)cc2)c(C)c(C)c1NC=O. The molecule has 0 fully saturated rings. The van der Waals surface area contributed by atoms with E-state index in [4.69, 9.17) is 4.74 Å². The van der Waals surface area contributed by atoms with E-state index in [0.717, 1.165) is 33.7 Å². The Balaban J connectivity index is 2.06. The van der Waals surface area contributed by atoms with E-state index in [-0.39, 0.29) is 5.82 Å². The summed E-state index contributed by atoms with van der Waals surface area (Å²) in [6.45, 7) is 6.26. The van der Waals surface area contributed by atoms with Crippen LogP contribution in [0.15, 0.2) is 36.4 Å². The van der Waals surface area contributed by atoms with Crippen LogP contribution in [0.2, 0.25) is 0 Å². The Morgan fingerprint density at radius 1 is 1.13 bits per heavy atom. The molecule has 0 heterocycles. The molecule has 0 saturated carbocycles. The summed E-state index contributed by atoms with van der Waals surface area (Å²) in [5.41, 5.74) is 4.69. The van der Waals surface area contributed by atoms with Crippen molar-refractivity contribution in [2.45, 2.75) is 20.8 Å². The quantitative estimate of drug-likeness (QED) is 0.802. The van der Waals surface area contributed by atoms with Crippen LogP contribution in [-0.4, -0.2) is 13.0 Å². The van der Waals surface area contributed by atoms with Crippen LogP contribution in [-0.2, 0) is 4.79 Å². The van der Waals surface area contributed by atoms with Gasteiger partial charge in [-0.25, -0.2) is 4.39 Å². The van der Waals surface area contributed by atoms with Gasteiger partial charge in [0.2, 0.25) is 6.41 Å². The van der Waals surface area contributed by atoms with Gasteiger partial charge in [-0.05, 0) is 67.3 Å². The largest absolute Gasteiger partial charge is 0.489 e. The Labute approximate surface area is 135 Å². The Morgan fingerprint density at radius 2 is 1.83 bits per heavy atom. The summed E-state index contributed by atoms with van der Waals surface area (Å²) in [5, 5.41) is 2.72. The molecule has 0 unspecified atom stereocenters. The van der Waals surface area contributed by atoms with Crippen LogP contribution >= 0.6 is 0 Å². The molecule has 1 N–H and O–H groups in total. The summed E-state index contributed by atoms with van der Waals surface area (Å²) in [4.78, 5) is 10.7. The Bertz CT molecular complexity index is 721. The molecule has 0 radical (unpaired) electrons. The average Bonchev–Trinajstić information content (AvgIpc) is 2.54. The van der Waals surface area contributed by atoms with Crippen molar-refractivity contribution < 1.29 is 13.9 Å². The second-order valence-corrected chi connectivity index (χ2v) is 5.34. The number of hydrogen-bond donors (Lipinski definition) is 1. The predicted octanol–water partition coefficient (Wildman–Crippen LogP) is 4.41. The Morgan fingerprint density at radius 3 is 2.48 bits per heavy atom. The van der Waals surface area contributed by atoms with Gasteiger partial charge in [0.15, 0.2) is 0 Å². The number of hydrogen-bond acceptors (Lipinski definition) is 2. The Kier molecular flexibility index (Phi) is 5.52. The molecule has 2 rings (SSSR count). The fourth-order valence-electron chi connectivity index (χ4n) is 2.37. The van der Waals surface area contributed by atoms with Crippen molar-refractivity contribution in [2.24, 2.45) is 0 Å². The van der Waals surface area contributed by atoms with Crippen molar-refractivity contribution in [3.8, 4) is 5.75 Å². The third-order valence-corrected chi connectivity index (χ3v) is 3.77. The van der Waals surface area contributed by atoms with Crippen LogP contribution in [0.1, 0.15) is 22.3 Å². The van der Waals surface area contributed by atoms with Crippen molar-refractivity contribution in [3.05, 3.63) is 64.5 Å². The molecule has 0 bridgehead atoms. The fraction of sp³-hybridized carbons (Fsp3) is 0.211. The monoisotopic (exact) mass is 313 g/mol. The van der Waals surface area contributed by atoms with Crippen LogP contribution in [0.25, 0.3) is 6.08 Å².